The molecule has 0 spiro atoms. The molecule has 0 aromatic heterocycles. The van der Waals surface area contributed by atoms with E-state index in [1.165, 1.54) is 25.9 Å². The van der Waals surface area contributed by atoms with Crippen LogP contribution in [-0.2, 0) is 0 Å². The lowest BCUT2D eigenvalue weighted by Gasteiger charge is -2.05. The van der Waals surface area contributed by atoms with E-state index in [1.807, 2.05) is 0 Å². The first-order valence-electron chi connectivity index (χ1n) is 4.10. The van der Waals surface area contributed by atoms with Crippen molar-refractivity contribution in [2.75, 3.05) is 20.1 Å². The summed E-state index contributed by atoms with van der Waals surface area (Å²) < 4.78 is 0. The van der Waals surface area contributed by atoms with E-state index in [-0.39, 0.29) is 0 Å². The molecule has 0 aromatic carbocycles. The molecular formula is C9H17N. The fourth-order valence-electron chi connectivity index (χ4n) is 1.63. The molecule has 1 heteroatoms. The predicted octanol–water partition coefficient (Wildman–Crippen LogP) is 2.05. The second-order valence-corrected chi connectivity index (χ2v) is 3.31. The van der Waals surface area contributed by atoms with Crippen molar-refractivity contribution >= 4 is 0 Å². The van der Waals surface area contributed by atoms with Gasteiger partial charge in [0.2, 0.25) is 0 Å². The van der Waals surface area contributed by atoms with Crippen LogP contribution in [0.3, 0.4) is 0 Å². The Morgan fingerprint density at radius 1 is 1.40 bits per heavy atom. The molecule has 0 N–H and O–H groups in total. The largest absolute Gasteiger partial charge is 0.299 e. The molecule has 1 aliphatic rings. The lowest BCUT2D eigenvalue weighted by atomic mass is 10.1. The lowest BCUT2D eigenvalue weighted by Crippen LogP contribution is -2.14. The Morgan fingerprint density at radius 2 is 2.10 bits per heavy atom. The molecule has 0 aliphatic carbocycles. The van der Waals surface area contributed by atoms with Crippen LogP contribution in [0.2, 0.25) is 0 Å². The van der Waals surface area contributed by atoms with E-state index >= 15 is 0 Å². The Kier molecular flexibility index (Phi) is 2.50. The molecule has 0 unspecified atom stereocenters. The minimum absolute atomic E-state index is 1.19. The van der Waals surface area contributed by atoms with Gasteiger partial charge in [0.25, 0.3) is 0 Å². The van der Waals surface area contributed by atoms with E-state index in [0.29, 0.717) is 0 Å². The van der Waals surface area contributed by atoms with Crippen LogP contribution in [0.4, 0.5) is 0 Å². The highest BCUT2D eigenvalue weighted by Crippen LogP contribution is 2.18. The van der Waals surface area contributed by atoms with Crippen LogP contribution >= 0.6 is 0 Å². The first kappa shape index (κ1) is 7.80. The third-order valence-electron chi connectivity index (χ3n) is 2.12. The number of hydrogen-bond donors (Lipinski definition) is 0. The monoisotopic (exact) mass is 139 g/mol. The maximum atomic E-state index is 2.38. The summed E-state index contributed by atoms with van der Waals surface area (Å²) in [6, 6.07) is 0. The van der Waals surface area contributed by atoms with Crippen LogP contribution in [0.1, 0.15) is 26.7 Å². The van der Waals surface area contributed by atoms with Gasteiger partial charge in [-0.2, -0.15) is 0 Å². The van der Waals surface area contributed by atoms with Crippen LogP contribution in [0.25, 0.3) is 0 Å². The molecule has 0 saturated heterocycles. The van der Waals surface area contributed by atoms with Gasteiger partial charge in [0.05, 0.1) is 0 Å². The van der Waals surface area contributed by atoms with Crippen molar-refractivity contribution in [1.82, 2.24) is 4.90 Å². The van der Waals surface area contributed by atoms with Crippen LogP contribution in [0.5, 0.6) is 0 Å². The molecule has 10 heavy (non-hydrogen) atoms. The molecule has 0 fully saturated rings. The van der Waals surface area contributed by atoms with Gasteiger partial charge >= 0.3 is 0 Å². The predicted molar refractivity (Wildman–Crippen MR) is 45.1 cm³/mol. The standard InChI is InChI=1S/C9H17N/c1-4-5-9-7-10(3)6-8(9)2/h4-7H2,1-3H3. The summed E-state index contributed by atoms with van der Waals surface area (Å²) in [6.45, 7) is 6.90. The molecule has 0 aromatic rings. The second-order valence-electron chi connectivity index (χ2n) is 3.31. The first-order chi connectivity index (χ1) is 4.74. The van der Waals surface area contributed by atoms with Gasteiger partial charge in [-0.1, -0.05) is 24.5 Å². The molecule has 1 rings (SSSR count). The smallest absolute Gasteiger partial charge is 0.0196 e. The number of rotatable bonds is 2. The van der Waals surface area contributed by atoms with Crippen LogP contribution in [-0.4, -0.2) is 25.0 Å². The highest BCUT2D eigenvalue weighted by atomic mass is 15.1. The summed E-state index contributed by atoms with van der Waals surface area (Å²) in [5.41, 5.74) is 3.27. The third kappa shape index (κ3) is 1.60. The highest BCUT2D eigenvalue weighted by Gasteiger charge is 2.13. The fraction of sp³-hybridized carbons (Fsp3) is 0.778. The Labute approximate surface area is 63.7 Å². The zero-order chi connectivity index (χ0) is 7.56. The summed E-state index contributed by atoms with van der Waals surface area (Å²) in [5.74, 6) is 0. The zero-order valence-corrected chi connectivity index (χ0v) is 7.28. The van der Waals surface area contributed by atoms with E-state index in [1.54, 1.807) is 11.1 Å². The average molecular weight is 139 g/mol. The minimum Gasteiger partial charge on any atom is -0.299 e. The summed E-state index contributed by atoms with van der Waals surface area (Å²) in [6.07, 6.45) is 2.59. The van der Waals surface area contributed by atoms with Crippen LogP contribution < -0.4 is 0 Å². The quantitative estimate of drug-likeness (QED) is 0.529. The summed E-state index contributed by atoms with van der Waals surface area (Å²) in [5, 5.41) is 0. The number of likely N-dealkylation sites (N-methyl/N-ethyl adjacent to an activating group) is 1. The highest BCUT2D eigenvalue weighted by molar-refractivity contribution is 5.20. The molecule has 0 radical (unpaired) electrons. The maximum Gasteiger partial charge on any atom is 0.0196 e. The van der Waals surface area contributed by atoms with Gasteiger partial charge < -0.3 is 0 Å². The molecule has 0 saturated carbocycles. The van der Waals surface area contributed by atoms with Crippen molar-refractivity contribution in [2.24, 2.45) is 0 Å². The summed E-state index contributed by atoms with van der Waals surface area (Å²) in [4.78, 5) is 2.38. The van der Waals surface area contributed by atoms with Gasteiger partial charge in [-0.05, 0) is 20.4 Å². The first-order valence-corrected chi connectivity index (χ1v) is 4.10. The molecule has 0 amide bonds. The second kappa shape index (κ2) is 3.20. The molecule has 1 aliphatic heterocycles. The van der Waals surface area contributed by atoms with Crippen molar-refractivity contribution in [3.63, 3.8) is 0 Å². The molecule has 0 bridgehead atoms. The minimum atomic E-state index is 1.19. The fourth-order valence-corrected chi connectivity index (χ4v) is 1.63. The van der Waals surface area contributed by atoms with Crippen molar-refractivity contribution in [1.29, 1.82) is 0 Å². The van der Waals surface area contributed by atoms with E-state index < -0.39 is 0 Å². The molecule has 58 valence electrons. The van der Waals surface area contributed by atoms with E-state index in [4.69, 9.17) is 0 Å². The zero-order valence-electron chi connectivity index (χ0n) is 7.28. The Hall–Kier alpha value is -0.300. The Bertz CT molecular complexity index is 147. The summed E-state index contributed by atoms with van der Waals surface area (Å²) >= 11 is 0. The molecule has 1 nitrogen and oxygen atoms in total. The maximum absolute atomic E-state index is 2.38. The lowest BCUT2D eigenvalue weighted by molar-refractivity contribution is 0.421. The Balaban J connectivity index is 2.49. The van der Waals surface area contributed by atoms with E-state index in [0.717, 1.165) is 0 Å². The van der Waals surface area contributed by atoms with Gasteiger partial charge in [-0.15, -0.1) is 0 Å². The van der Waals surface area contributed by atoms with Crippen molar-refractivity contribution < 1.29 is 0 Å². The number of nitrogens with zero attached hydrogens (tertiary/aromatic N) is 1. The van der Waals surface area contributed by atoms with E-state index in [9.17, 15) is 0 Å². The topological polar surface area (TPSA) is 3.24 Å². The van der Waals surface area contributed by atoms with Gasteiger partial charge in [0.15, 0.2) is 0 Å². The van der Waals surface area contributed by atoms with Gasteiger partial charge in [0.1, 0.15) is 0 Å². The Morgan fingerprint density at radius 3 is 2.50 bits per heavy atom. The molecule has 1 heterocycles. The van der Waals surface area contributed by atoms with Crippen molar-refractivity contribution in [2.45, 2.75) is 26.7 Å². The normalized spacial score (nSPS) is 20.7. The molecule has 0 atom stereocenters. The van der Waals surface area contributed by atoms with E-state index in [2.05, 4.69) is 25.8 Å². The van der Waals surface area contributed by atoms with Crippen molar-refractivity contribution in [3.05, 3.63) is 11.1 Å². The van der Waals surface area contributed by atoms with Crippen LogP contribution in [0, 0.1) is 0 Å². The van der Waals surface area contributed by atoms with Crippen LogP contribution in [0.15, 0.2) is 11.1 Å². The van der Waals surface area contributed by atoms with Gasteiger partial charge in [-0.25, -0.2) is 0 Å². The van der Waals surface area contributed by atoms with Gasteiger partial charge in [-0.3, -0.25) is 4.90 Å². The van der Waals surface area contributed by atoms with Crippen molar-refractivity contribution in [3.8, 4) is 0 Å². The average Bonchev–Trinajstić information content (AvgIpc) is 2.13. The van der Waals surface area contributed by atoms with Gasteiger partial charge in [0, 0.05) is 13.1 Å². The summed E-state index contributed by atoms with van der Waals surface area (Å²) in [7, 11) is 2.19. The SMILES string of the molecule is CCCC1=C(C)CN(C)C1. The molecular weight excluding hydrogens is 122 g/mol. The number of hydrogen-bond acceptors (Lipinski definition) is 1. The third-order valence-corrected chi connectivity index (χ3v) is 2.12.